The van der Waals surface area contributed by atoms with Crippen molar-refractivity contribution in [1.29, 1.82) is 0 Å². The maximum absolute atomic E-state index is 15.4. The SMILES string of the molecule is CC[C@H]1CC(=O)[C@@H]([C@H](O)[C@H](C)CCN2CCN(C)CC2)N(C)C(=O)[C@@H](C(C)C)N(C)C(=O)[C@@H](CC(C)C)N(C)C(=O)C(C(C)C)N(C)C(=O)[C@H](C)NC(=O)[C@@H](C)CC(=O)[C@@H](CC(C)C)N(C)C(=O)[C@@H](C(C)C)CC(=O)[C@H](CC(C)C)N(C)C(=O)[C@@H](C)N(C)C1=O. The number of nitrogens with zero attached hydrogens (tertiary/aromatic N) is 9. The molecule has 0 saturated carbocycles. The maximum atomic E-state index is 15.4. The van der Waals surface area contributed by atoms with Gasteiger partial charge in [-0.2, -0.15) is 0 Å². The Morgan fingerprint density at radius 3 is 1.32 bits per heavy atom. The monoisotopic (exact) mass is 1270 g/mol. The number of amides is 8. The average Bonchev–Trinajstić information content (AvgIpc) is 0.973. The zero-order valence-electron chi connectivity index (χ0n) is 60.1. The number of aliphatic hydroxyl groups excluding tert-OH is 1. The van der Waals surface area contributed by atoms with E-state index in [0.717, 1.165) is 26.2 Å². The highest BCUT2D eigenvalue weighted by atomic mass is 16.3. The van der Waals surface area contributed by atoms with E-state index < -0.39 is 149 Å². The van der Waals surface area contributed by atoms with Crippen molar-refractivity contribution >= 4 is 64.6 Å². The fourth-order valence-electron chi connectivity index (χ4n) is 12.9. The van der Waals surface area contributed by atoms with E-state index in [9.17, 15) is 43.5 Å². The second-order valence-electron chi connectivity index (χ2n) is 29.1. The molecule has 2 rings (SSSR count). The van der Waals surface area contributed by atoms with Crippen molar-refractivity contribution in [3.8, 4) is 0 Å². The summed E-state index contributed by atoms with van der Waals surface area (Å²) >= 11 is 0. The van der Waals surface area contributed by atoms with Crippen LogP contribution in [0.25, 0.3) is 0 Å². The van der Waals surface area contributed by atoms with Gasteiger partial charge in [-0.3, -0.25) is 52.7 Å². The van der Waals surface area contributed by atoms with E-state index in [1.807, 2.05) is 62.3 Å². The van der Waals surface area contributed by atoms with E-state index >= 15 is 14.4 Å². The van der Waals surface area contributed by atoms with Gasteiger partial charge in [-0.05, 0) is 101 Å². The van der Waals surface area contributed by atoms with Crippen LogP contribution in [0.2, 0.25) is 0 Å². The predicted molar refractivity (Wildman–Crippen MR) is 351 cm³/mol. The lowest BCUT2D eigenvalue weighted by molar-refractivity contribution is -0.157. The average molecular weight is 1270 g/mol. The fraction of sp³-hybridized carbons (Fsp3) is 0.838. The molecular weight excluding hydrogens is 1150 g/mol. The molecule has 2 aliphatic rings. The number of hydrogen-bond donors (Lipinski definition) is 2. The van der Waals surface area contributed by atoms with Crippen LogP contribution in [0.3, 0.4) is 0 Å². The molecule has 2 aliphatic heterocycles. The van der Waals surface area contributed by atoms with Crippen molar-refractivity contribution < 1.29 is 57.8 Å². The quantitative estimate of drug-likeness (QED) is 0.214. The Balaban J connectivity index is 2.98. The Labute approximate surface area is 541 Å². The topological polar surface area (TPSA) is 249 Å². The summed E-state index contributed by atoms with van der Waals surface area (Å²) in [6.45, 7) is 34.3. The van der Waals surface area contributed by atoms with Crippen molar-refractivity contribution in [1.82, 2.24) is 49.4 Å². The highest BCUT2D eigenvalue weighted by Crippen LogP contribution is 2.30. The molecule has 2 saturated heterocycles. The van der Waals surface area contributed by atoms with Crippen molar-refractivity contribution in [2.75, 3.05) is 89.1 Å². The zero-order valence-corrected chi connectivity index (χ0v) is 60.1. The molecule has 2 fully saturated rings. The van der Waals surface area contributed by atoms with Crippen molar-refractivity contribution in [2.45, 2.75) is 224 Å². The predicted octanol–water partition coefficient (Wildman–Crippen LogP) is 5.21. The molecule has 13 atom stereocenters. The van der Waals surface area contributed by atoms with E-state index in [4.69, 9.17) is 0 Å². The number of ketones is 3. The number of piperazine rings is 1. The number of nitrogens with one attached hydrogen (secondary N) is 1. The first-order valence-electron chi connectivity index (χ1n) is 33.4. The van der Waals surface area contributed by atoms with Gasteiger partial charge in [0.1, 0.15) is 36.3 Å². The summed E-state index contributed by atoms with van der Waals surface area (Å²) in [5, 5.41) is 15.3. The number of carbonyl (C=O) groups is 11. The van der Waals surface area contributed by atoms with Gasteiger partial charge in [-0.25, -0.2) is 0 Å². The van der Waals surface area contributed by atoms with E-state index in [1.165, 1.54) is 90.6 Å². The van der Waals surface area contributed by atoms with Gasteiger partial charge in [0.15, 0.2) is 17.3 Å². The Bertz CT molecular complexity index is 2440. The number of carbonyl (C=O) groups excluding carboxylic acids is 11. The lowest BCUT2D eigenvalue weighted by Crippen LogP contribution is -2.62. The number of likely N-dealkylation sites (N-methyl/N-ethyl adjacent to an activating group) is 8. The van der Waals surface area contributed by atoms with Crippen LogP contribution in [0.5, 0.6) is 0 Å². The summed E-state index contributed by atoms with van der Waals surface area (Å²) in [6, 6.07) is -9.29. The highest BCUT2D eigenvalue weighted by Gasteiger charge is 2.46. The van der Waals surface area contributed by atoms with Crippen LogP contribution >= 0.6 is 0 Å². The van der Waals surface area contributed by atoms with Crippen molar-refractivity contribution in [2.24, 2.45) is 59.2 Å². The molecule has 2 N–H and O–H groups in total. The highest BCUT2D eigenvalue weighted by molar-refractivity contribution is 6.00. The number of rotatable bonds is 15. The van der Waals surface area contributed by atoms with Crippen molar-refractivity contribution in [3.63, 3.8) is 0 Å². The largest absolute Gasteiger partial charge is 0.390 e. The van der Waals surface area contributed by atoms with Crippen LogP contribution in [0.1, 0.15) is 169 Å². The van der Waals surface area contributed by atoms with Crippen LogP contribution in [0.15, 0.2) is 0 Å². The molecule has 22 heteroatoms. The summed E-state index contributed by atoms with van der Waals surface area (Å²) in [5.74, 6) is -11.1. The zero-order chi connectivity index (χ0) is 69.4. The number of hydrogen-bond acceptors (Lipinski definition) is 14. The van der Waals surface area contributed by atoms with Gasteiger partial charge < -0.3 is 54.5 Å². The third kappa shape index (κ3) is 21.6. The van der Waals surface area contributed by atoms with Gasteiger partial charge in [0, 0.05) is 113 Å². The molecule has 0 aliphatic carbocycles. The fourth-order valence-corrected chi connectivity index (χ4v) is 12.9. The van der Waals surface area contributed by atoms with E-state index in [-0.39, 0.29) is 73.8 Å². The molecule has 0 spiro atoms. The van der Waals surface area contributed by atoms with E-state index in [0.29, 0.717) is 13.0 Å². The molecular formula is C68H122N10O12. The third-order valence-electron chi connectivity index (χ3n) is 19.2. The first kappa shape index (κ1) is 80.7. The first-order chi connectivity index (χ1) is 41.6. The Morgan fingerprint density at radius 2 is 0.867 bits per heavy atom. The summed E-state index contributed by atoms with van der Waals surface area (Å²) in [6.07, 6.45) is -1.11. The van der Waals surface area contributed by atoms with Crippen LogP contribution in [-0.2, 0) is 52.7 Å². The van der Waals surface area contributed by atoms with Gasteiger partial charge in [0.05, 0.1) is 18.2 Å². The summed E-state index contributed by atoms with van der Waals surface area (Å²) in [7, 11) is 12.4. The molecule has 0 bridgehead atoms. The van der Waals surface area contributed by atoms with Crippen molar-refractivity contribution in [3.05, 3.63) is 0 Å². The standard InChI is InChI=1S/C68H122N10O12/c1-26-49-37-56(81)59(60(82)45(14)27-28-78-31-29-70(18)30-32-78)77(25)68(90)58(44(12)13)76(24)66(88)53(35-41(6)7)74(22)67(89)57(43(10)11)75(23)62(84)47(16)69-61(83)46(15)36-54(79)51(33-39(2)3)73(21)65(87)50(42(8)9)38-55(80)52(34-40(4)5)72(20)63(85)48(17)71(19)64(49)86/h39-53,57-60,82H,26-38H2,1-25H3,(H,69,83)/t45-,46+,47+,48-,49+,50-,51-,52+,53-,57?,58-,59+,60-/m1/s1. The Kier molecular flexibility index (Phi) is 32.5. The van der Waals surface area contributed by atoms with Crippen LogP contribution < -0.4 is 5.32 Å². The summed E-state index contributed by atoms with van der Waals surface area (Å²) in [5.41, 5.74) is 0. The molecule has 90 heavy (non-hydrogen) atoms. The molecule has 22 nitrogen and oxygen atoms in total. The molecule has 2 heterocycles. The lowest BCUT2D eigenvalue weighted by atomic mass is 9.84. The normalized spacial score (nSPS) is 28.6. The molecule has 0 aromatic heterocycles. The Morgan fingerprint density at radius 1 is 0.444 bits per heavy atom. The van der Waals surface area contributed by atoms with E-state index in [1.54, 1.807) is 48.5 Å². The molecule has 1 unspecified atom stereocenters. The number of aliphatic hydroxyl groups is 1. The van der Waals surface area contributed by atoms with E-state index in [2.05, 4.69) is 22.2 Å². The van der Waals surface area contributed by atoms with Gasteiger partial charge in [-0.1, -0.05) is 104 Å². The minimum atomic E-state index is -1.49. The molecule has 8 amide bonds. The third-order valence-corrected chi connectivity index (χ3v) is 19.2. The van der Waals surface area contributed by atoms with Crippen LogP contribution in [0.4, 0.5) is 0 Å². The summed E-state index contributed by atoms with van der Waals surface area (Å²) < 4.78 is 0. The second-order valence-corrected chi connectivity index (χ2v) is 29.1. The van der Waals surface area contributed by atoms with Gasteiger partial charge in [-0.15, -0.1) is 0 Å². The molecule has 0 aromatic carbocycles. The first-order valence-corrected chi connectivity index (χ1v) is 33.4. The Hall–Kier alpha value is -5.35. The van der Waals surface area contributed by atoms with Gasteiger partial charge in [0.2, 0.25) is 47.3 Å². The van der Waals surface area contributed by atoms with Gasteiger partial charge >= 0.3 is 0 Å². The van der Waals surface area contributed by atoms with Crippen LogP contribution in [0, 0.1) is 59.2 Å². The molecule has 516 valence electrons. The maximum Gasteiger partial charge on any atom is 0.246 e. The summed E-state index contributed by atoms with van der Waals surface area (Å²) in [4.78, 5) is 176. The number of Topliss-reactive ketones (excluding diaryl/α,β-unsaturated/α-hetero) is 3. The smallest absolute Gasteiger partial charge is 0.246 e. The van der Waals surface area contributed by atoms with Crippen LogP contribution in [-0.4, -0.2) is 257 Å². The lowest BCUT2D eigenvalue weighted by Gasteiger charge is -2.42. The molecule has 0 aromatic rings. The minimum Gasteiger partial charge on any atom is -0.390 e. The second kappa shape index (κ2) is 36.2. The van der Waals surface area contributed by atoms with Gasteiger partial charge in [0.25, 0.3) is 0 Å². The minimum absolute atomic E-state index is 0.0683. The molecule has 0 radical (unpaired) electrons.